The van der Waals surface area contributed by atoms with Gasteiger partial charge in [0.25, 0.3) is 0 Å². The van der Waals surface area contributed by atoms with Crippen LogP contribution in [0, 0.1) is 6.92 Å². The number of rotatable bonds is 12. The van der Waals surface area contributed by atoms with Crippen LogP contribution >= 0.6 is 0 Å². The fraction of sp³-hybridized carbons (Fsp3) is 0.368. The third-order valence-electron chi connectivity index (χ3n) is 9.15. The summed E-state index contributed by atoms with van der Waals surface area (Å²) in [6.45, 7) is 4.82. The molecule has 10 heteroatoms. The highest BCUT2D eigenvalue weighted by Gasteiger charge is 2.55. The predicted octanol–water partition coefficient (Wildman–Crippen LogP) is 5.78. The van der Waals surface area contributed by atoms with Crippen molar-refractivity contribution < 1.29 is 36.8 Å². The van der Waals surface area contributed by atoms with Gasteiger partial charge in [0.1, 0.15) is 24.4 Å². The largest absolute Gasteiger partial charge is 0.368 e. The predicted molar refractivity (Wildman–Crippen MR) is 178 cm³/mol. The van der Waals surface area contributed by atoms with Crippen molar-refractivity contribution in [2.75, 3.05) is 13.2 Å². The number of hydrogen-bond donors (Lipinski definition) is 0. The third kappa shape index (κ3) is 7.27. The van der Waals surface area contributed by atoms with E-state index in [1.54, 1.807) is 24.3 Å². The van der Waals surface area contributed by atoms with Crippen molar-refractivity contribution in [3.05, 3.63) is 138 Å². The first-order chi connectivity index (χ1) is 23.4. The van der Waals surface area contributed by atoms with Gasteiger partial charge < -0.3 is 28.4 Å². The molecule has 4 aromatic carbocycles. The Bertz CT molecular complexity index is 1730. The molecule has 0 aromatic heterocycles. The van der Waals surface area contributed by atoms with E-state index < -0.39 is 47.0 Å². The van der Waals surface area contributed by atoms with Gasteiger partial charge in [-0.1, -0.05) is 109 Å². The maximum absolute atomic E-state index is 13.5. The van der Waals surface area contributed by atoms with Gasteiger partial charge in [0.05, 0.1) is 37.4 Å². The summed E-state index contributed by atoms with van der Waals surface area (Å²) in [4.78, 5) is 0.266. The van der Waals surface area contributed by atoms with E-state index in [9.17, 15) is 8.42 Å². The summed E-state index contributed by atoms with van der Waals surface area (Å²) in [5.41, 5.74) is 3.89. The van der Waals surface area contributed by atoms with Crippen LogP contribution in [0.1, 0.15) is 35.5 Å². The maximum Gasteiger partial charge on any atom is 0.243 e. The zero-order chi connectivity index (χ0) is 33.1. The lowest BCUT2D eigenvalue weighted by Crippen LogP contribution is -2.63. The molecule has 3 heterocycles. The molecule has 4 aromatic rings. The van der Waals surface area contributed by atoms with E-state index in [2.05, 4.69) is 0 Å². The van der Waals surface area contributed by atoms with Gasteiger partial charge in [0.15, 0.2) is 12.6 Å². The van der Waals surface area contributed by atoms with Gasteiger partial charge in [-0.15, -0.1) is 0 Å². The quantitative estimate of drug-likeness (QED) is 0.175. The van der Waals surface area contributed by atoms with Gasteiger partial charge >= 0.3 is 0 Å². The number of aryl methyl sites for hydroxylation is 1. The number of nitrogens with zero attached hydrogens (tertiary/aromatic N) is 1. The number of sulfonamides is 1. The summed E-state index contributed by atoms with van der Waals surface area (Å²) in [7, 11) is -3.68. The second-order valence-corrected chi connectivity index (χ2v) is 14.4. The van der Waals surface area contributed by atoms with Crippen LogP contribution in [-0.2, 0) is 51.7 Å². The Morgan fingerprint density at radius 3 is 1.94 bits per heavy atom. The minimum atomic E-state index is -3.68. The average molecular weight is 672 g/mol. The lowest BCUT2D eigenvalue weighted by molar-refractivity contribution is -0.372. The van der Waals surface area contributed by atoms with E-state index in [0.29, 0.717) is 13.2 Å². The van der Waals surface area contributed by atoms with E-state index in [-0.39, 0.29) is 30.2 Å². The molecule has 0 radical (unpaired) electrons. The van der Waals surface area contributed by atoms with Gasteiger partial charge in [0.2, 0.25) is 10.0 Å². The van der Waals surface area contributed by atoms with Crippen LogP contribution in [0.4, 0.5) is 0 Å². The first-order valence-electron chi connectivity index (χ1n) is 16.4. The molecule has 3 aliphatic rings. The zero-order valence-electron chi connectivity index (χ0n) is 27.0. The summed E-state index contributed by atoms with van der Waals surface area (Å²) in [6, 6.07) is 36.0. The smallest absolute Gasteiger partial charge is 0.243 e. The summed E-state index contributed by atoms with van der Waals surface area (Å²) in [5.74, 6) is 0. The van der Waals surface area contributed by atoms with Crippen molar-refractivity contribution in [1.29, 1.82) is 0 Å². The van der Waals surface area contributed by atoms with Crippen LogP contribution in [0.5, 0.6) is 0 Å². The van der Waals surface area contributed by atoms with Crippen LogP contribution in [-0.4, -0.2) is 68.7 Å². The van der Waals surface area contributed by atoms with Crippen molar-refractivity contribution in [1.82, 2.24) is 4.31 Å². The summed E-state index contributed by atoms with van der Waals surface area (Å²) >= 11 is 0. The normalized spacial score (nSPS) is 30.0. The maximum atomic E-state index is 13.5. The Morgan fingerprint density at radius 1 is 0.729 bits per heavy atom. The van der Waals surface area contributed by atoms with Crippen LogP contribution in [0.15, 0.2) is 120 Å². The molecule has 7 rings (SSSR count). The minimum absolute atomic E-state index is 0.124. The minimum Gasteiger partial charge on any atom is -0.368 e. The molecular formula is C38H41NO8S. The van der Waals surface area contributed by atoms with Crippen molar-refractivity contribution in [3.8, 4) is 0 Å². The number of benzene rings is 4. The van der Waals surface area contributed by atoms with E-state index in [0.717, 1.165) is 22.3 Å². The monoisotopic (exact) mass is 671 g/mol. The molecule has 3 saturated heterocycles. The highest BCUT2D eigenvalue weighted by Crippen LogP contribution is 2.40. The van der Waals surface area contributed by atoms with Crippen LogP contribution < -0.4 is 0 Å². The molecule has 0 aliphatic carbocycles. The average Bonchev–Trinajstić information content (AvgIpc) is 3.79. The Hall–Kier alpha value is -3.45. The topological polar surface area (TPSA) is 92.5 Å². The number of hydrogen-bond acceptors (Lipinski definition) is 8. The van der Waals surface area contributed by atoms with Crippen molar-refractivity contribution >= 4 is 10.0 Å². The van der Waals surface area contributed by atoms with Crippen molar-refractivity contribution in [3.63, 3.8) is 0 Å². The Morgan fingerprint density at radius 2 is 1.31 bits per heavy atom. The molecule has 3 unspecified atom stereocenters. The summed E-state index contributed by atoms with van der Waals surface area (Å²) < 4.78 is 67.4. The van der Waals surface area contributed by atoms with E-state index in [1.807, 2.05) is 105 Å². The Kier molecular flexibility index (Phi) is 10.0. The van der Waals surface area contributed by atoms with Gasteiger partial charge in [-0.3, -0.25) is 0 Å². The molecule has 252 valence electrons. The second kappa shape index (κ2) is 14.6. The molecule has 9 nitrogen and oxygen atoms in total. The zero-order valence-corrected chi connectivity index (χ0v) is 27.9. The Labute approximate surface area is 282 Å². The molecule has 0 spiro atoms. The molecule has 9 atom stereocenters. The number of fused-ring (bicyclic) bond motifs is 1. The molecule has 3 fully saturated rings. The first kappa shape index (κ1) is 33.1. The summed E-state index contributed by atoms with van der Waals surface area (Å²) in [5, 5.41) is 0. The standard InChI is InChI=1S/C38H41NO8S/c1-26-18-20-31(21-19-26)48(40,41)39-27(2)32(39)24-44-38-36(43-23-29-14-8-4-9-15-29)35(42-22-28-12-6-3-7-13-28)34-33(46-38)25-45-37(47-34)30-16-10-5-11-17-30/h3-21,27,32-38H,22-25H2,1-2H3/t27?,32?,33-,34+,35+,36-,37+,38-,39?/m1/s1. The molecule has 3 aliphatic heterocycles. The Balaban J connectivity index is 1.13. The third-order valence-corrected chi connectivity index (χ3v) is 11.2. The van der Waals surface area contributed by atoms with E-state index in [1.165, 1.54) is 4.31 Å². The van der Waals surface area contributed by atoms with E-state index >= 15 is 0 Å². The molecule has 0 saturated carbocycles. The van der Waals surface area contributed by atoms with Gasteiger partial charge in [0, 0.05) is 11.6 Å². The SMILES string of the molecule is Cc1ccc(S(=O)(=O)N2C(C)C2CO[C@@H]2O[C@@H]3CO[C@H](c4ccccc4)O[C@@H]3[C@H](OCc3ccccc3)[C@H]2OCc2ccccc2)cc1. The lowest BCUT2D eigenvalue weighted by Gasteiger charge is -2.49. The van der Waals surface area contributed by atoms with Crippen LogP contribution in [0.2, 0.25) is 0 Å². The van der Waals surface area contributed by atoms with E-state index in [4.69, 9.17) is 28.4 Å². The number of ether oxygens (including phenoxy) is 6. The van der Waals surface area contributed by atoms with Gasteiger partial charge in [-0.05, 0) is 37.1 Å². The second-order valence-electron chi connectivity index (χ2n) is 12.5. The highest BCUT2D eigenvalue weighted by molar-refractivity contribution is 7.89. The summed E-state index contributed by atoms with van der Waals surface area (Å²) in [6.07, 6.45) is -3.77. The van der Waals surface area contributed by atoms with Crippen molar-refractivity contribution in [2.24, 2.45) is 0 Å². The van der Waals surface area contributed by atoms with Crippen molar-refractivity contribution in [2.45, 2.75) is 81.0 Å². The highest BCUT2D eigenvalue weighted by atomic mass is 32.2. The van der Waals surface area contributed by atoms with Gasteiger partial charge in [-0.25, -0.2) is 8.42 Å². The van der Waals surface area contributed by atoms with Gasteiger partial charge in [-0.2, -0.15) is 4.31 Å². The van der Waals surface area contributed by atoms with Crippen LogP contribution in [0.3, 0.4) is 0 Å². The fourth-order valence-electron chi connectivity index (χ4n) is 6.38. The molecule has 0 bridgehead atoms. The fourth-order valence-corrected chi connectivity index (χ4v) is 8.22. The lowest BCUT2D eigenvalue weighted by atomic mass is 9.97. The van der Waals surface area contributed by atoms with Crippen LogP contribution in [0.25, 0.3) is 0 Å². The molecule has 0 amide bonds. The first-order valence-corrected chi connectivity index (χ1v) is 17.8. The molecule has 0 N–H and O–H groups in total. The molecular weight excluding hydrogens is 630 g/mol. The molecule has 48 heavy (non-hydrogen) atoms.